The molecular weight excluding hydrogens is 185 g/mol. The van der Waals surface area contributed by atoms with Gasteiger partial charge in [-0.3, -0.25) is 0 Å². The topological polar surface area (TPSA) is 59.4 Å². The fourth-order valence-electron chi connectivity index (χ4n) is 0.755. The van der Waals surface area contributed by atoms with Gasteiger partial charge in [0.15, 0.2) is 0 Å². The summed E-state index contributed by atoms with van der Waals surface area (Å²) in [4.78, 5) is 0. The van der Waals surface area contributed by atoms with Gasteiger partial charge >= 0.3 is 0 Å². The Morgan fingerprint density at radius 2 is 2.25 bits per heavy atom. The normalized spacial score (nSPS) is 12.2. The Morgan fingerprint density at radius 1 is 1.58 bits per heavy atom. The van der Waals surface area contributed by atoms with Gasteiger partial charge in [-0.15, -0.1) is 12.4 Å². The molecule has 3 nitrogen and oxygen atoms in total. The van der Waals surface area contributed by atoms with E-state index in [1.54, 1.807) is 12.1 Å². The van der Waals surface area contributed by atoms with E-state index in [0.717, 1.165) is 0 Å². The number of furan rings is 1. The Balaban J connectivity index is 0.00000121. The van der Waals surface area contributed by atoms with Crippen LogP contribution in [0.15, 0.2) is 16.5 Å². The van der Waals surface area contributed by atoms with E-state index in [0.29, 0.717) is 11.5 Å². The molecular formula is C7H11ClFNO2. The fraction of sp³-hybridized carbons (Fsp3) is 0.429. The summed E-state index contributed by atoms with van der Waals surface area (Å²) in [5.41, 5.74) is 5.31. The summed E-state index contributed by atoms with van der Waals surface area (Å²) in [7, 11) is 0. The first-order chi connectivity index (χ1) is 5.27. The Labute approximate surface area is 75.8 Å². The van der Waals surface area contributed by atoms with Crippen molar-refractivity contribution in [2.45, 2.75) is 12.6 Å². The van der Waals surface area contributed by atoms with Crippen molar-refractivity contribution >= 4 is 12.4 Å². The number of hydrogen-bond donors (Lipinski definition) is 2. The van der Waals surface area contributed by atoms with E-state index in [2.05, 4.69) is 0 Å². The molecule has 0 aliphatic rings. The van der Waals surface area contributed by atoms with E-state index in [4.69, 9.17) is 15.3 Å². The van der Waals surface area contributed by atoms with Crippen LogP contribution in [0.2, 0.25) is 0 Å². The average molecular weight is 196 g/mol. The average Bonchev–Trinajstić information content (AvgIpc) is 2.50. The molecule has 12 heavy (non-hydrogen) atoms. The zero-order valence-corrected chi connectivity index (χ0v) is 7.18. The first kappa shape index (κ1) is 11.4. The lowest BCUT2D eigenvalue weighted by Crippen LogP contribution is -2.10. The molecule has 0 unspecified atom stereocenters. The van der Waals surface area contributed by atoms with Crippen molar-refractivity contribution in [3.8, 4) is 0 Å². The Bertz CT molecular complexity index is 229. The van der Waals surface area contributed by atoms with Crippen LogP contribution in [0.25, 0.3) is 0 Å². The molecule has 0 radical (unpaired) electrons. The molecule has 0 spiro atoms. The van der Waals surface area contributed by atoms with Gasteiger partial charge in [-0.1, -0.05) is 0 Å². The smallest absolute Gasteiger partial charge is 0.129 e. The highest BCUT2D eigenvalue weighted by Crippen LogP contribution is 2.14. The first-order valence-corrected chi connectivity index (χ1v) is 3.29. The summed E-state index contributed by atoms with van der Waals surface area (Å²) >= 11 is 0. The van der Waals surface area contributed by atoms with Gasteiger partial charge in [-0.2, -0.15) is 0 Å². The van der Waals surface area contributed by atoms with Crippen LogP contribution in [-0.4, -0.2) is 11.8 Å². The van der Waals surface area contributed by atoms with Gasteiger partial charge in [0.1, 0.15) is 24.8 Å². The molecule has 1 rings (SSSR count). The number of rotatable bonds is 3. The number of aliphatic hydroxyl groups excluding tert-OH is 1. The molecule has 0 saturated heterocycles. The van der Waals surface area contributed by atoms with Crippen LogP contribution in [0.4, 0.5) is 4.39 Å². The Morgan fingerprint density at radius 3 is 2.67 bits per heavy atom. The van der Waals surface area contributed by atoms with Crippen LogP contribution in [-0.2, 0) is 6.61 Å². The molecule has 0 saturated carbocycles. The maximum atomic E-state index is 11.9. The lowest BCUT2D eigenvalue weighted by atomic mass is 10.3. The lowest BCUT2D eigenvalue weighted by molar-refractivity contribution is 0.239. The summed E-state index contributed by atoms with van der Waals surface area (Å²) in [5, 5.41) is 8.58. The maximum Gasteiger partial charge on any atom is 0.129 e. The zero-order valence-electron chi connectivity index (χ0n) is 6.37. The minimum Gasteiger partial charge on any atom is -0.462 e. The summed E-state index contributed by atoms with van der Waals surface area (Å²) in [5.74, 6) is 0.778. The SMILES string of the molecule is Cl.N[C@H](CF)c1ccc(CO)o1. The summed E-state index contributed by atoms with van der Waals surface area (Å²) in [6.45, 7) is -0.836. The first-order valence-electron chi connectivity index (χ1n) is 3.29. The number of alkyl halides is 1. The van der Waals surface area contributed by atoms with Crippen LogP contribution in [0.5, 0.6) is 0 Å². The molecule has 0 aromatic carbocycles. The highest BCUT2D eigenvalue weighted by molar-refractivity contribution is 5.85. The molecule has 1 atom stereocenters. The van der Waals surface area contributed by atoms with Gasteiger partial charge in [0, 0.05) is 0 Å². The molecule has 70 valence electrons. The number of halogens is 2. The summed E-state index contributed by atoms with van der Waals surface area (Å²) in [6.07, 6.45) is 0. The standard InChI is InChI=1S/C7H10FNO2.ClH/c8-3-6(9)7-2-1-5(4-10)11-7;/h1-2,6,10H,3-4,9H2;1H/t6-;/m1./s1. The summed E-state index contributed by atoms with van der Waals surface area (Å²) < 4.78 is 16.9. The van der Waals surface area contributed by atoms with Crippen LogP contribution in [0, 0.1) is 0 Å². The van der Waals surface area contributed by atoms with E-state index in [1.807, 2.05) is 0 Å². The number of nitrogens with two attached hydrogens (primary N) is 1. The molecule has 0 amide bonds. The second-order valence-corrected chi connectivity index (χ2v) is 2.22. The van der Waals surface area contributed by atoms with Crippen molar-refractivity contribution in [3.63, 3.8) is 0 Å². The molecule has 1 aromatic heterocycles. The van der Waals surface area contributed by atoms with E-state index in [-0.39, 0.29) is 19.0 Å². The Hall–Kier alpha value is -0.580. The molecule has 0 aliphatic carbocycles. The molecule has 5 heteroatoms. The van der Waals surface area contributed by atoms with Gasteiger partial charge in [0.25, 0.3) is 0 Å². The van der Waals surface area contributed by atoms with E-state index in [9.17, 15) is 4.39 Å². The molecule has 1 heterocycles. The molecule has 0 aliphatic heterocycles. The van der Waals surface area contributed by atoms with Crippen molar-refractivity contribution in [3.05, 3.63) is 23.7 Å². The van der Waals surface area contributed by atoms with Crippen molar-refractivity contribution in [1.29, 1.82) is 0 Å². The van der Waals surface area contributed by atoms with Crippen molar-refractivity contribution in [1.82, 2.24) is 0 Å². The van der Waals surface area contributed by atoms with Crippen molar-refractivity contribution < 1.29 is 13.9 Å². The second-order valence-electron chi connectivity index (χ2n) is 2.22. The molecule has 0 bridgehead atoms. The lowest BCUT2D eigenvalue weighted by Gasteiger charge is -2.00. The van der Waals surface area contributed by atoms with Gasteiger partial charge in [0.2, 0.25) is 0 Å². The molecule has 1 aromatic rings. The van der Waals surface area contributed by atoms with E-state index >= 15 is 0 Å². The minimum atomic E-state index is -0.713. The third-order valence-corrected chi connectivity index (χ3v) is 1.37. The van der Waals surface area contributed by atoms with Crippen molar-refractivity contribution in [2.24, 2.45) is 5.73 Å². The van der Waals surface area contributed by atoms with Crippen molar-refractivity contribution in [2.75, 3.05) is 6.67 Å². The second kappa shape index (κ2) is 5.13. The zero-order chi connectivity index (χ0) is 8.27. The molecule has 3 N–H and O–H groups in total. The fourth-order valence-corrected chi connectivity index (χ4v) is 0.755. The number of hydrogen-bond acceptors (Lipinski definition) is 3. The predicted molar refractivity (Wildman–Crippen MR) is 44.8 cm³/mol. The highest BCUT2D eigenvalue weighted by Gasteiger charge is 2.09. The maximum absolute atomic E-state index is 11.9. The Kier molecular flexibility index (Phi) is 4.89. The van der Waals surface area contributed by atoms with Crippen LogP contribution in [0.1, 0.15) is 17.6 Å². The van der Waals surface area contributed by atoms with Crippen LogP contribution in [0.3, 0.4) is 0 Å². The van der Waals surface area contributed by atoms with E-state index < -0.39 is 12.7 Å². The number of aliphatic hydroxyl groups is 1. The summed E-state index contributed by atoms with van der Waals surface area (Å²) in [6, 6.07) is 2.43. The molecule has 0 fully saturated rings. The monoisotopic (exact) mass is 195 g/mol. The van der Waals surface area contributed by atoms with Gasteiger partial charge < -0.3 is 15.3 Å². The quantitative estimate of drug-likeness (QED) is 0.761. The predicted octanol–water partition coefficient (Wildman–Crippen LogP) is 1.16. The van der Waals surface area contributed by atoms with Crippen LogP contribution < -0.4 is 5.73 Å². The van der Waals surface area contributed by atoms with Gasteiger partial charge in [-0.25, -0.2) is 4.39 Å². The third-order valence-electron chi connectivity index (χ3n) is 1.37. The van der Waals surface area contributed by atoms with Crippen LogP contribution >= 0.6 is 12.4 Å². The largest absolute Gasteiger partial charge is 0.462 e. The minimum absolute atomic E-state index is 0. The van der Waals surface area contributed by atoms with Gasteiger partial charge in [0.05, 0.1) is 6.04 Å². The third kappa shape index (κ3) is 2.48. The highest BCUT2D eigenvalue weighted by atomic mass is 35.5. The van der Waals surface area contributed by atoms with Gasteiger partial charge in [-0.05, 0) is 12.1 Å². The van der Waals surface area contributed by atoms with E-state index in [1.165, 1.54) is 0 Å².